The number of ether oxygens (including phenoxy) is 1. The van der Waals surface area contributed by atoms with E-state index in [9.17, 15) is 4.79 Å². The van der Waals surface area contributed by atoms with Gasteiger partial charge in [0, 0.05) is 20.0 Å². The van der Waals surface area contributed by atoms with Gasteiger partial charge in [0.25, 0.3) is 5.82 Å². The van der Waals surface area contributed by atoms with E-state index in [1.807, 2.05) is 7.05 Å². The number of aryl methyl sites for hydroxylation is 1. The second kappa shape index (κ2) is 5.95. The van der Waals surface area contributed by atoms with Gasteiger partial charge in [-0.25, -0.2) is 9.78 Å². The molecule has 0 saturated carbocycles. The molecule has 0 unspecified atom stereocenters. The number of carbonyl (C=O) groups excluding carboxylic acids is 1. The zero-order valence-corrected chi connectivity index (χ0v) is 11.1. The molecule has 0 bridgehead atoms. The molecule has 0 aromatic carbocycles. The number of nitrogens with zero attached hydrogens (tertiary/aromatic N) is 4. The Morgan fingerprint density at radius 2 is 2.11 bits per heavy atom. The molecule has 100 valence electrons. The van der Waals surface area contributed by atoms with Gasteiger partial charge in [0.05, 0.1) is 6.61 Å². The molecule has 1 aliphatic heterocycles. The van der Waals surface area contributed by atoms with Crippen LogP contribution < -0.4 is 0 Å². The van der Waals surface area contributed by atoms with Crippen LogP contribution in [0.3, 0.4) is 0 Å². The summed E-state index contributed by atoms with van der Waals surface area (Å²) in [5.41, 5.74) is 0. The van der Waals surface area contributed by atoms with Crippen LogP contribution in [0.4, 0.5) is 0 Å². The van der Waals surface area contributed by atoms with Gasteiger partial charge in [-0.3, -0.25) is 4.68 Å². The molecule has 1 fully saturated rings. The lowest BCUT2D eigenvalue weighted by molar-refractivity contribution is 0.0512. The van der Waals surface area contributed by atoms with Gasteiger partial charge in [0.1, 0.15) is 5.82 Å². The van der Waals surface area contributed by atoms with E-state index < -0.39 is 5.97 Å². The molecule has 1 aromatic rings. The van der Waals surface area contributed by atoms with Crippen molar-refractivity contribution in [3.8, 4) is 0 Å². The molecular formula is C12H20N4O2. The topological polar surface area (TPSA) is 60.2 Å². The lowest BCUT2D eigenvalue weighted by Gasteiger charge is -2.13. The minimum atomic E-state index is -0.444. The van der Waals surface area contributed by atoms with E-state index in [2.05, 4.69) is 15.0 Å². The average molecular weight is 252 g/mol. The van der Waals surface area contributed by atoms with E-state index >= 15 is 0 Å². The molecule has 18 heavy (non-hydrogen) atoms. The Morgan fingerprint density at radius 1 is 1.39 bits per heavy atom. The number of rotatable bonds is 5. The minimum absolute atomic E-state index is 0.163. The SMILES string of the molecule is CCOC(=O)c1nc(CCN2CCCC2)n(C)n1. The van der Waals surface area contributed by atoms with Crippen LogP contribution in [-0.2, 0) is 18.2 Å². The van der Waals surface area contributed by atoms with Crippen LogP contribution in [0.25, 0.3) is 0 Å². The summed E-state index contributed by atoms with van der Waals surface area (Å²) in [5.74, 6) is 0.557. The Bertz CT molecular complexity index is 410. The summed E-state index contributed by atoms with van der Waals surface area (Å²) in [6.07, 6.45) is 3.39. The smallest absolute Gasteiger partial charge is 0.378 e. The van der Waals surface area contributed by atoms with Gasteiger partial charge in [0.2, 0.25) is 0 Å². The molecular weight excluding hydrogens is 232 g/mol. The van der Waals surface area contributed by atoms with Crippen LogP contribution in [0, 0.1) is 0 Å². The number of likely N-dealkylation sites (tertiary alicyclic amines) is 1. The van der Waals surface area contributed by atoms with E-state index in [1.54, 1.807) is 11.6 Å². The molecule has 0 radical (unpaired) electrons. The van der Waals surface area contributed by atoms with E-state index in [1.165, 1.54) is 25.9 Å². The molecule has 0 atom stereocenters. The van der Waals surface area contributed by atoms with E-state index in [0.29, 0.717) is 6.61 Å². The first-order chi connectivity index (χ1) is 8.70. The van der Waals surface area contributed by atoms with E-state index in [4.69, 9.17) is 4.74 Å². The van der Waals surface area contributed by atoms with Gasteiger partial charge in [-0.1, -0.05) is 0 Å². The Labute approximate surface area is 107 Å². The molecule has 0 spiro atoms. The van der Waals surface area contributed by atoms with Crippen molar-refractivity contribution < 1.29 is 9.53 Å². The third-order valence-corrected chi connectivity index (χ3v) is 3.16. The summed E-state index contributed by atoms with van der Waals surface area (Å²) in [4.78, 5) is 18.2. The van der Waals surface area contributed by atoms with Crippen molar-refractivity contribution in [1.82, 2.24) is 19.7 Å². The van der Waals surface area contributed by atoms with Gasteiger partial charge in [-0.2, -0.15) is 0 Å². The molecule has 1 aromatic heterocycles. The molecule has 2 heterocycles. The summed E-state index contributed by atoms with van der Waals surface area (Å²) in [7, 11) is 1.81. The van der Waals surface area contributed by atoms with Gasteiger partial charge in [0.15, 0.2) is 0 Å². The largest absolute Gasteiger partial charge is 0.460 e. The van der Waals surface area contributed by atoms with E-state index in [-0.39, 0.29) is 5.82 Å². The first-order valence-corrected chi connectivity index (χ1v) is 6.50. The quantitative estimate of drug-likeness (QED) is 0.719. The third kappa shape index (κ3) is 3.07. The van der Waals surface area contributed by atoms with Crippen LogP contribution in [0.15, 0.2) is 0 Å². The lowest BCUT2D eigenvalue weighted by Crippen LogP contribution is -2.23. The summed E-state index contributed by atoms with van der Waals surface area (Å²) >= 11 is 0. The van der Waals surface area contributed by atoms with Crippen molar-refractivity contribution in [2.75, 3.05) is 26.2 Å². The first-order valence-electron chi connectivity index (χ1n) is 6.50. The van der Waals surface area contributed by atoms with Gasteiger partial charge < -0.3 is 9.64 Å². The summed E-state index contributed by atoms with van der Waals surface area (Å²) in [5, 5.41) is 4.09. The third-order valence-electron chi connectivity index (χ3n) is 3.16. The van der Waals surface area contributed by atoms with Crippen molar-refractivity contribution >= 4 is 5.97 Å². The van der Waals surface area contributed by atoms with Crippen molar-refractivity contribution in [3.05, 3.63) is 11.6 Å². The highest BCUT2D eigenvalue weighted by molar-refractivity contribution is 5.84. The number of hydrogen-bond acceptors (Lipinski definition) is 5. The highest BCUT2D eigenvalue weighted by Crippen LogP contribution is 2.08. The van der Waals surface area contributed by atoms with Crippen LogP contribution >= 0.6 is 0 Å². The highest BCUT2D eigenvalue weighted by Gasteiger charge is 2.17. The fourth-order valence-electron chi connectivity index (χ4n) is 2.18. The summed E-state index contributed by atoms with van der Waals surface area (Å²) in [6.45, 7) is 5.44. The maximum Gasteiger partial charge on any atom is 0.378 e. The Kier molecular flexibility index (Phi) is 4.30. The average Bonchev–Trinajstić information content (AvgIpc) is 2.96. The predicted octanol–water partition coefficient (Wildman–Crippen LogP) is 0.630. The zero-order chi connectivity index (χ0) is 13.0. The molecule has 1 aliphatic rings. The first kappa shape index (κ1) is 13.0. The van der Waals surface area contributed by atoms with Crippen LogP contribution in [-0.4, -0.2) is 51.9 Å². The van der Waals surface area contributed by atoms with Crippen molar-refractivity contribution in [1.29, 1.82) is 0 Å². The fourth-order valence-corrected chi connectivity index (χ4v) is 2.18. The maximum absolute atomic E-state index is 11.5. The number of hydrogen-bond donors (Lipinski definition) is 0. The molecule has 0 aliphatic carbocycles. The molecule has 0 amide bonds. The minimum Gasteiger partial charge on any atom is -0.460 e. The monoisotopic (exact) mass is 252 g/mol. The number of esters is 1. The molecule has 1 saturated heterocycles. The van der Waals surface area contributed by atoms with Crippen molar-refractivity contribution in [2.45, 2.75) is 26.2 Å². The highest BCUT2D eigenvalue weighted by atomic mass is 16.5. The Balaban J connectivity index is 1.93. The number of aromatic nitrogens is 3. The van der Waals surface area contributed by atoms with Crippen molar-refractivity contribution in [3.63, 3.8) is 0 Å². The standard InChI is InChI=1S/C12H20N4O2/c1-3-18-12(17)11-13-10(15(2)14-11)6-9-16-7-4-5-8-16/h3-9H2,1-2H3. The normalized spacial score (nSPS) is 16.1. The predicted molar refractivity (Wildman–Crippen MR) is 66.3 cm³/mol. The Morgan fingerprint density at radius 3 is 2.78 bits per heavy atom. The van der Waals surface area contributed by atoms with Gasteiger partial charge in [-0.15, -0.1) is 5.10 Å². The lowest BCUT2D eigenvalue weighted by atomic mass is 10.3. The van der Waals surface area contributed by atoms with Gasteiger partial charge in [-0.05, 0) is 32.9 Å². The fraction of sp³-hybridized carbons (Fsp3) is 0.750. The summed E-state index contributed by atoms with van der Waals surface area (Å²) < 4.78 is 6.56. The summed E-state index contributed by atoms with van der Waals surface area (Å²) in [6, 6.07) is 0. The second-order valence-corrected chi connectivity index (χ2v) is 4.49. The molecule has 2 rings (SSSR count). The Hall–Kier alpha value is -1.43. The van der Waals surface area contributed by atoms with Crippen LogP contribution in [0.1, 0.15) is 36.2 Å². The maximum atomic E-state index is 11.5. The molecule has 6 heteroatoms. The molecule has 6 nitrogen and oxygen atoms in total. The molecule has 0 N–H and O–H groups in total. The zero-order valence-electron chi connectivity index (χ0n) is 11.1. The second-order valence-electron chi connectivity index (χ2n) is 4.49. The van der Waals surface area contributed by atoms with E-state index in [0.717, 1.165) is 18.8 Å². The van der Waals surface area contributed by atoms with Crippen molar-refractivity contribution in [2.24, 2.45) is 7.05 Å². The van der Waals surface area contributed by atoms with Crippen LogP contribution in [0.5, 0.6) is 0 Å². The number of carbonyl (C=O) groups is 1. The van der Waals surface area contributed by atoms with Crippen LogP contribution in [0.2, 0.25) is 0 Å². The van der Waals surface area contributed by atoms with Gasteiger partial charge >= 0.3 is 5.97 Å².